The fourth-order valence-electron chi connectivity index (χ4n) is 2.85. The van der Waals surface area contributed by atoms with Crippen LogP contribution in [0.4, 0.5) is 0 Å². The van der Waals surface area contributed by atoms with Gasteiger partial charge in [-0.05, 0) is 19.1 Å². The molecule has 0 aliphatic rings. The molecular weight excluding hydrogens is 336 g/mol. The topological polar surface area (TPSA) is 44.1 Å². The summed E-state index contributed by atoms with van der Waals surface area (Å²) in [4.78, 5) is 16.7. The normalized spacial score (nSPS) is 10.4. The van der Waals surface area contributed by atoms with Crippen LogP contribution in [0.2, 0.25) is 0 Å². The molecule has 0 saturated heterocycles. The number of nitrogens with zero attached hydrogens (tertiary/aromatic N) is 2. The number of imidazole rings is 1. The number of hydrogen-bond acceptors (Lipinski definition) is 3. The lowest BCUT2D eigenvalue weighted by molar-refractivity contribution is -0.140. The van der Waals surface area contributed by atoms with E-state index in [4.69, 9.17) is 9.72 Å². The van der Waals surface area contributed by atoms with Crippen molar-refractivity contribution in [1.82, 2.24) is 9.55 Å². The number of para-hydroxylation sites is 1. The summed E-state index contributed by atoms with van der Waals surface area (Å²) in [5, 5.41) is 0. The molecule has 1 heterocycles. The van der Waals surface area contributed by atoms with Crippen LogP contribution in [0.25, 0.3) is 17.1 Å². The highest BCUT2D eigenvalue weighted by atomic mass is 16.5. The molecule has 27 heavy (non-hydrogen) atoms. The van der Waals surface area contributed by atoms with Gasteiger partial charge in [-0.25, -0.2) is 9.78 Å². The van der Waals surface area contributed by atoms with E-state index in [1.807, 2.05) is 66.7 Å². The van der Waals surface area contributed by atoms with Crippen molar-refractivity contribution in [2.24, 2.45) is 0 Å². The minimum absolute atomic E-state index is 0.0918. The molecule has 0 unspecified atom stereocenters. The lowest BCUT2D eigenvalue weighted by atomic mass is 10.2. The zero-order chi connectivity index (χ0) is 19.2. The van der Waals surface area contributed by atoms with E-state index in [9.17, 15) is 4.79 Å². The second-order valence-electron chi connectivity index (χ2n) is 6.22. The Bertz CT molecular complexity index is 957. The van der Waals surface area contributed by atoms with Crippen LogP contribution >= 0.6 is 0 Å². The van der Waals surface area contributed by atoms with Gasteiger partial charge in [0.2, 0.25) is 0 Å². The van der Waals surface area contributed by atoms with Crippen LogP contribution in [-0.4, -0.2) is 15.5 Å². The molecule has 0 aliphatic heterocycles. The van der Waals surface area contributed by atoms with Crippen LogP contribution in [0.1, 0.15) is 18.3 Å². The third-order valence-corrected chi connectivity index (χ3v) is 4.13. The highest BCUT2D eigenvalue weighted by Gasteiger charge is 2.20. The molecule has 4 nitrogen and oxygen atoms in total. The maximum atomic E-state index is 11.8. The number of allylic oxidation sites excluding steroid dienone is 1. The molecule has 0 fully saturated rings. The van der Waals surface area contributed by atoms with E-state index in [2.05, 4.69) is 17.7 Å². The third-order valence-electron chi connectivity index (χ3n) is 4.13. The third kappa shape index (κ3) is 4.06. The second kappa shape index (κ2) is 8.32. The smallest absolute Gasteiger partial charge is 0.333 e. The number of carbonyl (C=O) groups excluding carboxylic acids is 1. The Morgan fingerprint density at radius 1 is 1.11 bits per heavy atom. The summed E-state index contributed by atoms with van der Waals surface area (Å²) in [6.07, 6.45) is 2.43. The van der Waals surface area contributed by atoms with Crippen molar-refractivity contribution in [3.63, 3.8) is 0 Å². The summed E-state index contributed by atoms with van der Waals surface area (Å²) in [7, 11) is 0. The van der Waals surface area contributed by atoms with Gasteiger partial charge >= 0.3 is 5.97 Å². The molecule has 0 bridgehead atoms. The number of carbonyl (C=O) groups is 1. The van der Waals surface area contributed by atoms with Gasteiger partial charge in [0.05, 0.1) is 5.69 Å². The van der Waals surface area contributed by atoms with Gasteiger partial charge in [-0.15, -0.1) is 6.58 Å². The number of aromatic nitrogens is 2. The number of benzene rings is 2. The van der Waals surface area contributed by atoms with Gasteiger partial charge in [0, 0.05) is 23.2 Å². The predicted octanol–water partition coefficient (Wildman–Crippen LogP) is 4.89. The molecule has 136 valence electrons. The molecule has 0 N–H and O–H groups in total. The van der Waals surface area contributed by atoms with Gasteiger partial charge in [0.15, 0.2) is 0 Å². The molecule has 0 aliphatic carbocycles. The standard InChI is InChI=1S/C23H22N2O2/c1-4-11-21-20(16-27-23(26)17(2)3)24-22(18-12-7-5-8-13-18)25(21)19-14-9-6-10-15-19/h4-10,12-15H,1-2,11,16H2,3H3. The Morgan fingerprint density at radius 3 is 2.33 bits per heavy atom. The van der Waals surface area contributed by atoms with Crippen LogP contribution in [0.5, 0.6) is 0 Å². The Balaban J connectivity index is 2.14. The first-order valence-corrected chi connectivity index (χ1v) is 8.76. The first kappa shape index (κ1) is 18.4. The van der Waals surface area contributed by atoms with Gasteiger partial charge in [-0.1, -0.05) is 61.2 Å². The van der Waals surface area contributed by atoms with Gasteiger partial charge in [0.25, 0.3) is 0 Å². The summed E-state index contributed by atoms with van der Waals surface area (Å²) < 4.78 is 7.47. The highest BCUT2D eigenvalue weighted by Crippen LogP contribution is 2.28. The zero-order valence-electron chi connectivity index (χ0n) is 15.4. The number of ether oxygens (including phenoxy) is 1. The molecule has 4 heteroatoms. The summed E-state index contributed by atoms with van der Waals surface area (Å²) in [6, 6.07) is 20.0. The zero-order valence-corrected chi connectivity index (χ0v) is 15.4. The van der Waals surface area contributed by atoms with Crippen molar-refractivity contribution in [1.29, 1.82) is 0 Å². The summed E-state index contributed by atoms with van der Waals surface area (Å²) in [5.41, 5.74) is 4.02. The van der Waals surface area contributed by atoms with Crippen molar-refractivity contribution in [2.75, 3.05) is 0 Å². The van der Waals surface area contributed by atoms with E-state index in [-0.39, 0.29) is 6.61 Å². The van der Waals surface area contributed by atoms with Crippen molar-refractivity contribution < 1.29 is 9.53 Å². The largest absolute Gasteiger partial charge is 0.456 e. The number of esters is 1. The monoisotopic (exact) mass is 358 g/mol. The van der Waals surface area contributed by atoms with Crippen LogP contribution < -0.4 is 0 Å². The molecule has 0 saturated carbocycles. The molecule has 2 aromatic carbocycles. The summed E-state index contributed by atoms with van der Waals surface area (Å²) in [6.45, 7) is 9.22. The van der Waals surface area contributed by atoms with E-state index in [1.165, 1.54) is 0 Å². The SMILES string of the molecule is C=CCc1c(COC(=O)C(=C)C)nc(-c2ccccc2)n1-c1ccccc1. The van der Waals surface area contributed by atoms with E-state index in [0.29, 0.717) is 17.7 Å². The van der Waals surface area contributed by atoms with Gasteiger partial charge in [0.1, 0.15) is 18.1 Å². The van der Waals surface area contributed by atoms with E-state index in [1.54, 1.807) is 6.92 Å². The Kier molecular flexibility index (Phi) is 5.67. The van der Waals surface area contributed by atoms with Crippen LogP contribution in [0.15, 0.2) is 85.5 Å². The van der Waals surface area contributed by atoms with Crippen molar-refractivity contribution in [3.8, 4) is 17.1 Å². The summed E-state index contributed by atoms with van der Waals surface area (Å²) in [5.74, 6) is 0.384. The lowest BCUT2D eigenvalue weighted by Crippen LogP contribution is -2.07. The molecule has 0 radical (unpaired) electrons. The van der Waals surface area contributed by atoms with Gasteiger partial charge < -0.3 is 4.74 Å². The molecule has 0 atom stereocenters. The fraction of sp³-hybridized carbons (Fsp3) is 0.130. The highest BCUT2D eigenvalue weighted by molar-refractivity contribution is 5.86. The first-order chi connectivity index (χ1) is 13.1. The van der Waals surface area contributed by atoms with Crippen LogP contribution in [-0.2, 0) is 22.6 Å². The first-order valence-electron chi connectivity index (χ1n) is 8.76. The maximum absolute atomic E-state index is 11.8. The van der Waals surface area contributed by atoms with Crippen LogP contribution in [0, 0.1) is 0 Å². The molecule has 0 spiro atoms. The van der Waals surface area contributed by atoms with E-state index < -0.39 is 5.97 Å². The fourth-order valence-corrected chi connectivity index (χ4v) is 2.85. The maximum Gasteiger partial charge on any atom is 0.333 e. The number of hydrogen-bond donors (Lipinski definition) is 0. The molecule has 1 aromatic heterocycles. The Hall–Kier alpha value is -3.40. The van der Waals surface area contributed by atoms with Crippen molar-refractivity contribution >= 4 is 5.97 Å². The predicted molar refractivity (Wildman–Crippen MR) is 108 cm³/mol. The van der Waals surface area contributed by atoms with Gasteiger partial charge in [-0.2, -0.15) is 0 Å². The summed E-state index contributed by atoms with van der Waals surface area (Å²) >= 11 is 0. The molecule has 3 rings (SSSR count). The minimum atomic E-state index is -0.421. The van der Waals surface area contributed by atoms with Crippen molar-refractivity contribution in [2.45, 2.75) is 20.0 Å². The van der Waals surface area contributed by atoms with E-state index >= 15 is 0 Å². The van der Waals surface area contributed by atoms with Crippen LogP contribution in [0.3, 0.4) is 0 Å². The average Bonchev–Trinajstić information content (AvgIpc) is 3.06. The molecule has 3 aromatic rings. The van der Waals surface area contributed by atoms with Gasteiger partial charge in [-0.3, -0.25) is 4.57 Å². The average molecular weight is 358 g/mol. The lowest BCUT2D eigenvalue weighted by Gasteiger charge is -2.12. The second-order valence-corrected chi connectivity index (χ2v) is 6.22. The number of rotatable bonds is 7. The van der Waals surface area contributed by atoms with E-state index in [0.717, 1.165) is 22.8 Å². The Morgan fingerprint density at radius 2 is 1.74 bits per heavy atom. The quantitative estimate of drug-likeness (QED) is 0.343. The molecular formula is C23H22N2O2. The Labute approximate surface area is 159 Å². The van der Waals surface area contributed by atoms with Crippen molar-refractivity contribution in [3.05, 3.63) is 96.9 Å². The minimum Gasteiger partial charge on any atom is -0.456 e. The molecule has 0 amide bonds.